The number of carbonyl (C=O) groups is 1. The largest absolute Gasteiger partial charge is 0.496 e. The standard InChI is InChI=1S/C12H16O6S/c1-7(6-13)9-4-8(19(3,16)17)5-10(12(14)15)11(9)18-2/h4-5,7,13H,6H2,1-3H3,(H,14,15). The molecule has 1 unspecified atom stereocenters. The molecular weight excluding hydrogens is 272 g/mol. The zero-order chi connectivity index (χ0) is 14.8. The quantitative estimate of drug-likeness (QED) is 0.834. The molecule has 0 saturated carbocycles. The summed E-state index contributed by atoms with van der Waals surface area (Å²) < 4.78 is 28.2. The van der Waals surface area contributed by atoms with E-state index < -0.39 is 21.7 Å². The molecule has 2 N–H and O–H groups in total. The monoisotopic (exact) mass is 288 g/mol. The van der Waals surface area contributed by atoms with Crippen LogP contribution in [0.4, 0.5) is 0 Å². The Hall–Kier alpha value is -1.60. The number of carboxylic acid groups (broad SMARTS) is 1. The third kappa shape index (κ3) is 3.24. The zero-order valence-electron chi connectivity index (χ0n) is 10.9. The van der Waals surface area contributed by atoms with Gasteiger partial charge in [0.15, 0.2) is 9.84 Å². The number of hydrogen-bond acceptors (Lipinski definition) is 5. The van der Waals surface area contributed by atoms with E-state index in [2.05, 4.69) is 0 Å². The first kappa shape index (κ1) is 15.5. The van der Waals surface area contributed by atoms with E-state index in [1.807, 2.05) is 0 Å². The second-order valence-electron chi connectivity index (χ2n) is 4.25. The van der Waals surface area contributed by atoms with Crippen molar-refractivity contribution in [1.82, 2.24) is 0 Å². The third-order valence-corrected chi connectivity index (χ3v) is 3.85. The summed E-state index contributed by atoms with van der Waals surface area (Å²) in [5.74, 6) is -1.65. The number of hydrogen-bond donors (Lipinski definition) is 2. The van der Waals surface area contributed by atoms with Gasteiger partial charge < -0.3 is 14.9 Å². The highest BCUT2D eigenvalue weighted by molar-refractivity contribution is 7.90. The number of benzene rings is 1. The Bertz CT molecular complexity index is 590. The Morgan fingerprint density at radius 2 is 2.00 bits per heavy atom. The summed E-state index contributed by atoms with van der Waals surface area (Å²) in [5, 5.41) is 18.3. The number of aromatic carboxylic acids is 1. The van der Waals surface area contributed by atoms with Crippen LogP contribution in [0.3, 0.4) is 0 Å². The van der Waals surface area contributed by atoms with Gasteiger partial charge in [-0.05, 0) is 12.1 Å². The topological polar surface area (TPSA) is 101 Å². The number of aliphatic hydroxyl groups is 1. The van der Waals surface area contributed by atoms with Crippen molar-refractivity contribution in [3.05, 3.63) is 23.3 Å². The number of rotatable bonds is 5. The fourth-order valence-corrected chi connectivity index (χ4v) is 2.36. The summed E-state index contributed by atoms with van der Waals surface area (Å²) in [7, 11) is -2.25. The molecule has 0 bridgehead atoms. The molecule has 7 heteroatoms. The summed E-state index contributed by atoms with van der Waals surface area (Å²) in [6.07, 6.45) is 0.994. The Balaban J connectivity index is 3.69. The van der Waals surface area contributed by atoms with Crippen LogP contribution in [0.5, 0.6) is 5.75 Å². The van der Waals surface area contributed by atoms with Crippen LogP contribution in [-0.4, -0.2) is 44.6 Å². The molecule has 106 valence electrons. The van der Waals surface area contributed by atoms with Crippen LogP contribution in [0.1, 0.15) is 28.8 Å². The van der Waals surface area contributed by atoms with Crippen molar-refractivity contribution < 1.29 is 28.2 Å². The number of sulfone groups is 1. The van der Waals surface area contributed by atoms with E-state index in [1.165, 1.54) is 13.2 Å². The van der Waals surface area contributed by atoms with Crippen LogP contribution in [0.2, 0.25) is 0 Å². The maximum absolute atomic E-state index is 11.6. The number of aliphatic hydroxyl groups excluding tert-OH is 1. The van der Waals surface area contributed by atoms with Crippen molar-refractivity contribution in [1.29, 1.82) is 0 Å². The van der Waals surface area contributed by atoms with Gasteiger partial charge in [-0.1, -0.05) is 6.92 Å². The van der Waals surface area contributed by atoms with Gasteiger partial charge in [0, 0.05) is 24.3 Å². The SMILES string of the molecule is COc1c(C(=O)O)cc(S(C)(=O)=O)cc1C(C)CO. The molecule has 6 nitrogen and oxygen atoms in total. The highest BCUT2D eigenvalue weighted by atomic mass is 32.2. The molecule has 0 spiro atoms. The van der Waals surface area contributed by atoms with Crippen LogP contribution < -0.4 is 4.74 Å². The minimum Gasteiger partial charge on any atom is -0.496 e. The summed E-state index contributed by atoms with van der Waals surface area (Å²) in [5.41, 5.74) is 0.117. The Morgan fingerprint density at radius 3 is 2.37 bits per heavy atom. The number of ether oxygens (including phenoxy) is 1. The number of methoxy groups -OCH3 is 1. The lowest BCUT2D eigenvalue weighted by Crippen LogP contribution is -2.10. The molecule has 19 heavy (non-hydrogen) atoms. The van der Waals surface area contributed by atoms with Crippen LogP contribution in [0.15, 0.2) is 17.0 Å². The molecule has 1 aromatic rings. The van der Waals surface area contributed by atoms with Crippen molar-refractivity contribution in [2.24, 2.45) is 0 Å². The number of carboxylic acids is 1. The van der Waals surface area contributed by atoms with Gasteiger partial charge in [-0.3, -0.25) is 0 Å². The first-order chi connectivity index (χ1) is 8.72. The van der Waals surface area contributed by atoms with Crippen molar-refractivity contribution in [3.63, 3.8) is 0 Å². The average Bonchev–Trinajstić information content (AvgIpc) is 2.34. The van der Waals surface area contributed by atoms with Crippen molar-refractivity contribution in [2.45, 2.75) is 17.7 Å². The van der Waals surface area contributed by atoms with Crippen LogP contribution in [0, 0.1) is 0 Å². The predicted octanol–water partition coefficient (Wildman–Crippen LogP) is 0.893. The van der Waals surface area contributed by atoms with E-state index >= 15 is 0 Å². The maximum atomic E-state index is 11.6. The smallest absolute Gasteiger partial charge is 0.339 e. The first-order valence-corrected chi connectivity index (χ1v) is 7.37. The van der Waals surface area contributed by atoms with Crippen molar-refractivity contribution in [2.75, 3.05) is 20.0 Å². The van der Waals surface area contributed by atoms with Crippen LogP contribution >= 0.6 is 0 Å². The lowest BCUT2D eigenvalue weighted by atomic mass is 9.98. The molecule has 0 aromatic heterocycles. The van der Waals surface area contributed by atoms with Crippen molar-refractivity contribution >= 4 is 15.8 Å². The molecule has 1 aromatic carbocycles. The summed E-state index contributed by atoms with van der Waals surface area (Å²) in [6, 6.07) is 2.39. The normalized spacial score (nSPS) is 13.1. The van der Waals surface area contributed by atoms with Gasteiger partial charge in [-0.2, -0.15) is 0 Å². The molecule has 0 radical (unpaired) electrons. The predicted molar refractivity (Wildman–Crippen MR) is 68.6 cm³/mol. The van der Waals surface area contributed by atoms with Crippen LogP contribution in [0.25, 0.3) is 0 Å². The molecule has 0 amide bonds. The fourth-order valence-electron chi connectivity index (χ4n) is 1.69. The Kier molecular flexibility index (Phi) is 4.54. The Labute approximate surface area is 111 Å². The highest BCUT2D eigenvalue weighted by Crippen LogP contribution is 2.33. The van der Waals surface area contributed by atoms with Crippen LogP contribution in [-0.2, 0) is 9.84 Å². The third-order valence-electron chi connectivity index (χ3n) is 2.76. The Morgan fingerprint density at radius 1 is 1.42 bits per heavy atom. The molecule has 0 aliphatic rings. The fraction of sp³-hybridized carbons (Fsp3) is 0.417. The van der Waals surface area contributed by atoms with E-state index in [-0.39, 0.29) is 22.8 Å². The minimum atomic E-state index is -3.55. The molecule has 1 atom stereocenters. The lowest BCUT2D eigenvalue weighted by Gasteiger charge is -2.17. The van der Waals surface area contributed by atoms with Gasteiger partial charge >= 0.3 is 5.97 Å². The summed E-state index contributed by atoms with van der Waals surface area (Å²) >= 11 is 0. The van der Waals surface area contributed by atoms with Gasteiger partial charge in [0.05, 0.1) is 12.0 Å². The van der Waals surface area contributed by atoms with Gasteiger partial charge in [-0.15, -0.1) is 0 Å². The van der Waals surface area contributed by atoms with E-state index in [4.69, 9.17) is 9.84 Å². The molecular formula is C12H16O6S. The molecule has 0 saturated heterocycles. The molecule has 0 heterocycles. The van der Waals surface area contributed by atoms with Gasteiger partial charge in [-0.25, -0.2) is 13.2 Å². The van der Waals surface area contributed by atoms with E-state index in [0.717, 1.165) is 12.3 Å². The van der Waals surface area contributed by atoms with Gasteiger partial charge in [0.1, 0.15) is 11.3 Å². The maximum Gasteiger partial charge on any atom is 0.339 e. The average molecular weight is 288 g/mol. The van der Waals surface area contributed by atoms with E-state index in [1.54, 1.807) is 6.92 Å². The van der Waals surface area contributed by atoms with Gasteiger partial charge in [0.2, 0.25) is 0 Å². The molecule has 0 aliphatic heterocycles. The lowest BCUT2D eigenvalue weighted by molar-refractivity contribution is 0.0692. The summed E-state index contributed by atoms with van der Waals surface area (Å²) in [6.45, 7) is 1.40. The molecule has 0 fully saturated rings. The van der Waals surface area contributed by atoms with Crippen molar-refractivity contribution in [3.8, 4) is 5.75 Å². The highest BCUT2D eigenvalue weighted by Gasteiger charge is 2.23. The van der Waals surface area contributed by atoms with E-state index in [9.17, 15) is 18.3 Å². The van der Waals surface area contributed by atoms with Gasteiger partial charge in [0.25, 0.3) is 0 Å². The molecule has 0 aliphatic carbocycles. The summed E-state index contributed by atoms with van der Waals surface area (Å²) in [4.78, 5) is 11.1. The second-order valence-corrected chi connectivity index (χ2v) is 6.27. The first-order valence-electron chi connectivity index (χ1n) is 5.48. The second kappa shape index (κ2) is 5.58. The van der Waals surface area contributed by atoms with E-state index in [0.29, 0.717) is 5.56 Å². The zero-order valence-corrected chi connectivity index (χ0v) is 11.7. The molecule has 1 rings (SSSR count). The minimum absolute atomic E-state index is 0.0708.